The maximum absolute atomic E-state index is 12.8. The maximum Gasteiger partial charge on any atom is 0.244 e. The third-order valence-corrected chi connectivity index (χ3v) is 7.38. The van der Waals surface area contributed by atoms with Crippen LogP contribution in [0.25, 0.3) is 0 Å². The van der Waals surface area contributed by atoms with Gasteiger partial charge in [0.25, 0.3) is 0 Å². The van der Waals surface area contributed by atoms with Crippen LogP contribution in [0.15, 0.2) is 27.6 Å². The predicted molar refractivity (Wildman–Crippen MR) is 86.7 cm³/mol. The fourth-order valence-corrected chi connectivity index (χ4v) is 6.01. The summed E-state index contributed by atoms with van der Waals surface area (Å²) in [6.07, 6.45) is 2.94. The lowest BCUT2D eigenvalue weighted by atomic mass is 9.79. The molecule has 1 saturated heterocycles. The monoisotopic (exact) mass is 392 g/mol. The van der Waals surface area contributed by atoms with Crippen molar-refractivity contribution in [1.82, 2.24) is 4.31 Å². The molecule has 1 aromatic rings. The van der Waals surface area contributed by atoms with Crippen LogP contribution < -0.4 is 5.73 Å². The van der Waals surface area contributed by atoms with Gasteiger partial charge in [0.1, 0.15) is 4.90 Å². The molecule has 2 aliphatic rings. The SMILES string of the molecule is NC1CC[C@@H]2CN(S(=O)(=O)c3ccc(Br)cc3Cl)C[C@@H]2C1. The van der Waals surface area contributed by atoms with Crippen LogP contribution in [0.2, 0.25) is 5.02 Å². The molecule has 3 atom stereocenters. The predicted octanol–water partition coefficient (Wildman–Crippen LogP) is 2.85. The number of halogens is 2. The fraction of sp³-hybridized carbons (Fsp3) is 0.571. The largest absolute Gasteiger partial charge is 0.328 e. The highest BCUT2D eigenvalue weighted by Crippen LogP contribution is 2.39. The molecule has 1 saturated carbocycles. The summed E-state index contributed by atoms with van der Waals surface area (Å²) in [5, 5.41) is 0.260. The molecule has 7 heteroatoms. The Morgan fingerprint density at radius 2 is 1.95 bits per heavy atom. The minimum Gasteiger partial charge on any atom is -0.328 e. The summed E-state index contributed by atoms with van der Waals surface area (Å²) in [6, 6.07) is 5.10. The zero-order valence-corrected chi connectivity index (χ0v) is 14.7. The highest BCUT2D eigenvalue weighted by molar-refractivity contribution is 9.10. The Balaban J connectivity index is 1.86. The minimum absolute atomic E-state index is 0.190. The van der Waals surface area contributed by atoms with Gasteiger partial charge in [-0.2, -0.15) is 4.31 Å². The number of benzene rings is 1. The Labute approximate surface area is 138 Å². The zero-order chi connectivity index (χ0) is 15.2. The second kappa shape index (κ2) is 5.81. The number of fused-ring (bicyclic) bond motifs is 1. The van der Waals surface area contributed by atoms with Crippen molar-refractivity contribution < 1.29 is 8.42 Å². The first kappa shape index (κ1) is 15.7. The molecule has 116 valence electrons. The summed E-state index contributed by atoms with van der Waals surface area (Å²) in [4.78, 5) is 0.190. The van der Waals surface area contributed by atoms with Crippen molar-refractivity contribution in [2.75, 3.05) is 13.1 Å². The Kier molecular flexibility index (Phi) is 4.36. The van der Waals surface area contributed by atoms with Crippen LogP contribution in [0.1, 0.15) is 19.3 Å². The van der Waals surface area contributed by atoms with Crippen LogP contribution in [0.3, 0.4) is 0 Å². The van der Waals surface area contributed by atoms with E-state index in [2.05, 4.69) is 15.9 Å². The van der Waals surface area contributed by atoms with Gasteiger partial charge in [-0.3, -0.25) is 0 Å². The molecule has 1 heterocycles. The van der Waals surface area contributed by atoms with Crippen molar-refractivity contribution in [3.05, 3.63) is 27.7 Å². The lowest BCUT2D eigenvalue weighted by Gasteiger charge is -2.28. The molecule has 0 radical (unpaired) electrons. The number of nitrogens with zero attached hydrogens (tertiary/aromatic N) is 1. The molecule has 1 aliphatic heterocycles. The number of nitrogens with two attached hydrogens (primary N) is 1. The smallest absolute Gasteiger partial charge is 0.244 e. The van der Waals surface area contributed by atoms with Crippen LogP contribution in [-0.4, -0.2) is 31.9 Å². The molecular formula is C14H18BrClN2O2S. The maximum atomic E-state index is 12.8. The average molecular weight is 394 g/mol. The second-order valence-corrected chi connectivity index (χ2v) is 9.22. The number of hydrogen-bond donors (Lipinski definition) is 1. The van der Waals surface area contributed by atoms with Gasteiger partial charge in [0.15, 0.2) is 0 Å². The van der Waals surface area contributed by atoms with Crippen LogP contribution in [-0.2, 0) is 10.0 Å². The van der Waals surface area contributed by atoms with Crippen LogP contribution in [0.4, 0.5) is 0 Å². The van der Waals surface area contributed by atoms with E-state index in [9.17, 15) is 8.42 Å². The number of rotatable bonds is 2. The molecule has 0 amide bonds. The van der Waals surface area contributed by atoms with Gasteiger partial charge in [0, 0.05) is 23.6 Å². The molecule has 2 N–H and O–H groups in total. The molecule has 1 aliphatic carbocycles. The van der Waals surface area contributed by atoms with E-state index in [1.807, 2.05) is 0 Å². The first-order valence-corrected chi connectivity index (χ1v) is 9.70. The Morgan fingerprint density at radius 1 is 1.24 bits per heavy atom. The van der Waals surface area contributed by atoms with E-state index in [4.69, 9.17) is 17.3 Å². The Hall–Kier alpha value is -0.140. The first-order valence-electron chi connectivity index (χ1n) is 7.08. The van der Waals surface area contributed by atoms with Crippen molar-refractivity contribution in [1.29, 1.82) is 0 Å². The van der Waals surface area contributed by atoms with Crippen molar-refractivity contribution in [2.24, 2.45) is 17.6 Å². The molecule has 0 bridgehead atoms. The van der Waals surface area contributed by atoms with Crippen LogP contribution >= 0.6 is 27.5 Å². The summed E-state index contributed by atoms with van der Waals surface area (Å²) < 4.78 is 27.9. The third kappa shape index (κ3) is 3.01. The molecule has 21 heavy (non-hydrogen) atoms. The summed E-state index contributed by atoms with van der Waals surface area (Å²) in [7, 11) is -3.52. The van der Waals surface area contributed by atoms with Crippen molar-refractivity contribution in [3.8, 4) is 0 Å². The fourth-order valence-electron chi connectivity index (χ4n) is 3.44. The molecular weight excluding hydrogens is 376 g/mol. The molecule has 1 unspecified atom stereocenters. The molecule has 0 spiro atoms. The standard InChI is InChI=1S/C14H18BrClN2O2S/c15-11-2-4-14(13(16)6-11)21(19,20)18-7-9-1-3-12(17)5-10(9)8-18/h2,4,6,9-10,12H,1,3,5,7-8,17H2/t9-,10+,12?/m1/s1. The lowest BCUT2D eigenvalue weighted by molar-refractivity contribution is 0.271. The van der Waals surface area contributed by atoms with Crippen molar-refractivity contribution in [3.63, 3.8) is 0 Å². The zero-order valence-electron chi connectivity index (χ0n) is 11.5. The summed E-state index contributed by atoms with van der Waals surface area (Å²) in [6.45, 7) is 1.15. The Bertz CT molecular complexity index is 652. The van der Waals surface area contributed by atoms with Gasteiger partial charge in [-0.25, -0.2) is 8.42 Å². The number of hydrogen-bond acceptors (Lipinski definition) is 3. The summed E-state index contributed by atoms with van der Waals surface area (Å²) >= 11 is 9.41. The third-order valence-electron chi connectivity index (χ3n) is 4.57. The molecule has 0 aromatic heterocycles. The van der Waals surface area contributed by atoms with E-state index < -0.39 is 10.0 Å². The molecule has 3 rings (SSSR count). The highest BCUT2D eigenvalue weighted by atomic mass is 79.9. The highest BCUT2D eigenvalue weighted by Gasteiger charge is 2.42. The summed E-state index contributed by atoms with van der Waals surface area (Å²) in [5.41, 5.74) is 6.00. The van der Waals surface area contributed by atoms with E-state index in [0.29, 0.717) is 24.9 Å². The van der Waals surface area contributed by atoms with Crippen molar-refractivity contribution >= 4 is 37.6 Å². The van der Waals surface area contributed by atoms with Gasteiger partial charge >= 0.3 is 0 Å². The van der Waals surface area contributed by atoms with E-state index in [0.717, 1.165) is 23.7 Å². The van der Waals surface area contributed by atoms with Gasteiger partial charge in [-0.1, -0.05) is 27.5 Å². The van der Waals surface area contributed by atoms with Gasteiger partial charge in [-0.05, 0) is 49.3 Å². The minimum atomic E-state index is -3.52. The van der Waals surface area contributed by atoms with Gasteiger partial charge < -0.3 is 5.73 Å². The normalized spacial score (nSPS) is 30.3. The molecule has 4 nitrogen and oxygen atoms in total. The van der Waals surface area contributed by atoms with E-state index in [1.54, 1.807) is 22.5 Å². The first-order chi connectivity index (χ1) is 9.88. The van der Waals surface area contributed by atoms with Gasteiger partial charge in [0.05, 0.1) is 5.02 Å². The van der Waals surface area contributed by atoms with E-state index >= 15 is 0 Å². The van der Waals surface area contributed by atoms with E-state index in [1.165, 1.54) is 0 Å². The average Bonchev–Trinajstić information content (AvgIpc) is 2.81. The topological polar surface area (TPSA) is 63.4 Å². The van der Waals surface area contributed by atoms with E-state index in [-0.39, 0.29) is 16.0 Å². The van der Waals surface area contributed by atoms with Gasteiger partial charge in [0.2, 0.25) is 10.0 Å². The Morgan fingerprint density at radius 3 is 2.67 bits per heavy atom. The quantitative estimate of drug-likeness (QED) is 0.840. The summed E-state index contributed by atoms with van der Waals surface area (Å²) in [5.74, 6) is 0.826. The molecule has 1 aromatic carbocycles. The second-order valence-electron chi connectivity index (χ2n) is 5.99. The number of sulfonamides is 1. The lowest BCUT2D eigenvalue weighted by Crippen LogP contribution is -2.32. The van der Waals surface area contributed by atoms with Crippen LogP contribution in [0.5, 0.6) is 0 Å². The van der Waals surface area contributed by atoms with Gasteiger partial charge in [-0.15, -0.1) is 0 Å². The molecule has 2 fully saturated rings. The van der Waals surface area contributed by atoms with Crippen LogP contribution in [0, 0.1) is 11.8 Å². The van der Waals surface area contributed by atoms with Crippen molar-refractivity contribution in [2.45, 2.75) is 30.2 Å².